The van der Waals surface area contributed by atoms with E-state index in [-0.39, 0.29) is 11.3 Å². The predicted molar refractivity (Wildman–Crippen MR) is 78.8 cm³/mol. The second-order valence-electron chi connectivity index (χ2n) is 5.76. The van der Waals surface area contributed by atoms with Gasteiger partial charge < -0.3 is 20.3 Å². The third-order valence-corrected chi connectivity index (χ3v) is 2.70. The molecule has 0 saturated heterocycles. The van der Waals surface area contributed by atoms with Gasteiger partial charge in [-0.3, -0.25) is 10.1 Å². The average molecular weight is 326 g/mol. The van der Waals surface area contributed by atoms with E-state index in [2.05, 4.69) is 5.32 Å². The van der Waals surface area contributed by atoms with E-state index in [1.807, 2.05) is 0 Å². The van der Waals surface area contributed by atoms with Crippen molar-refractivity contribution >= 4 is 17.7 Å². The maximum atomic E-state index is 11.7. The number of carboxylic acid groups (broad SMARTS) is 1. The summed E-state index contributed by atoms with van der Waals surface area (Å²) in [4.78, 5) is 32.9. The number of nitro groups is 1. The summed E-state index contributed by atoms with van der Waals surface area (Å²) in [7, 11) is 0. The summed E-state index contributed by atoms with van der Waals surface area (Å²) >= 11 is 0. The number of amides is 1. The van der Waals surface area contributed by atoms with E-state index in [1.54, 1.807) is 20.8 Å². The Hall–Kier alpha value is -2.68. The van der Waals surface area contributed by atoms with Crippen LogP contribution < -0.4 is 5.32 Å². The van der Waals surface area contributed by atoms with Crippen LogP contribution in [0.15, 0.2) is 24.3 Å². The third-order valence-electron chi connectivity index (χ3n) is 2.70. The number of nitro benzene ring substituents is 1. The first-order valence-corrected chi connectivity index (χ1v) is 6.66. The molecular formula is C14H18N2O7. The van der Waals surface area contributed by atoms with Gasteiger partial charge >= 0.3 is 12.1 Å². The first-order valence-electron chi connectivity index (χ1n) is 6.66. The number of aliphatic hydroxyl groups excluding tert-OH is 1. The lowest BCUT2D eigenvalue weighted by atomic mass is 10.0. The van der Waals surface area contributed by atoms with Gasteiger partial charge in [-0.2, -0.15) is 0 Å². The Bertz CT molecular complexity index is 592. The molecule has 2 atom stereocenters. The van der Waals surface area contributed by atoms with Crippen LogP contribution in [0.2, 0.25) is 0 Å². The fraction of sp³-hybridized carbons (Fsp3) is 0.429. The summed E-state index contributed by atoms with van der Waals surface area (Å²) in [5.74, 6) is -1.47. The van der Waals surface area contributed by atoms with E-state index in [1.165, 1.54) is 12.1 Å². The number of benzene rings is 1. The topological polar surface area (TPSA) is 139 Å². The first-order chi connectivity index (χ1) is 10.5. The van der Waals surface area contributed by atoms with Crippen LogP contribution in [0.25, 0.3) is 0 Å². The van der Waals surface area contributed by atoms with Crippen molar-refractivity contribution in [1.29, 1.82) is 0 Å². The van der Waals surface area contributed by atoms with Crippen LogP contribution in [0.5, 0.6) is 0 Å². The van der Waals surface area contributed by atoms with E-state index in [4.69, 9.17) is 9.84 Å². The van der Waals surface area contributed by atoms with Gasteiger partial charge in [0, 0.05) is 12.1 Å². The minimum absolute atomic E-state index is 0.110. The zero-order valence-corrected chi connectivity index (χ0v) is 12.8. The Morgan fingerprint density at radius 2 is 1.78 bits per heavy atom. The Morgan fingerprint density at radius 1 is 1.26 bits per heavy atom. The van der Waals surface area contributed by atoms with Gasteiger partial charge in [0.1, 0.15) is 11.7 Å². The Balaban J connectivity index is 2.90. The summed E-state index contributed by atoms with van der Waals surface area (Å²) in [5.41, 5.74) is -0.919. The number of aliphatic hydroxyl groups is 1. The van der Waals surface area contributed by atoms with Crippen LogP contribution >= 0.6 is 0 Å². The number of carboxylic acids is 1. The Kier molecular flexibility index (Phi) is 5.63. The van der Waals surface area contributed by atoms with Gasteiger partial charge in [-0.05, 0) is 38.5 Å². The number of hydrogen-bond donors (Lipinski definition) is 3. The summed E-state index contributed by atoms with van der Waals surface area (Å²) in [5, 5.41) is 31.9. The highest BCUT2D eigenvalue weighted by molar-refractivity contribution is 5.80. The molecule has 3 N–H and O–H groups in total. The smallest absolute Gasteiger partial charge is 0.408 e. The normalized spacial score (nSPS) is 13.7. The number of alkyl carbamates (subject to hydrolysis) is 1. The molecule has 0 aliphatic heterocycles. The maximum Gasteiger partial charge on any atom is 0.408 e. The number of carbonyl (C=O) groups excluding carboxylic acids is 1. The number of carbonyl (C=O) groups is 2. The molecule has 1 rings (SSSR count). The maximum absolute atomic E-state index is 11.7. The summed E-state index contributed by atoms with van der Waals surface area (Å²) in [6.45, 7) is 4.82. The summed E-state index contributed by atoms with van der Waals surface area (Å²) in [6, 6.07) is 3.03. The number of nitrogens with one attached hydrogen (secondary N) is 1. The summed E-state index contributed by atoms with van der Waals surface area (Å²) in [6.07, 6.45) is -2.59. The minimum Gasteiger partial charge on any atom is -0.480 e. The van der Waals surface area contributed by atoms with Crippen molar-refractivity contribution in [3.8, 4) is 0 Å². The lowest BCUT2D eigenvalue weighted by molar-refractivity contribution is -0.384. The largest absolute Gasteiger partial charge is 0.480 e. The lowest BCUT2D eigenvalue weighted by Crippen LogP contribution is -2.46. The molecule has 1 aromatic rings. The van der Waals surface area contributed by atoms with Crippen LogP contribution in [-0.4, -0.2) is 38.8 Å². The van der Waals surface area contributed by atoms with Crippen LogP contribution in [0.4, 0.5) is 10.5 Å². The Morgan fingerprint density at radius 3 is 2.17 bits per heavy atom. The van der Waals surface area contributed by atoms with Crippen molar-refractivity contribution in [2.45, 2.75) is 38.5 Å². The molecular weight excluding hydrogens is 308 g/mol. The van der Waals surface area contributed by atoms with Crippen molar-refractivity contribution in [3.63, 3.8) is 0 Å². The molecule has 126 valence electrons. The number of hydrogen-bond acceptors (Lipinski definition) is 6. The number of ether oxygens (including phenoxy) is 1. The molecule has 0 aliphatic carbocycles. The van der Waals surface area contributed by atoms with Gasteiger partial charge in [0.15, 0.2) is 6.04 Å². The van der Waals surface area contributed by atoms with Crippen LogP contribution in [0.1, 0.15) is 32.4 Å². The minimum atomic E-state index is -1.66. The SMILES string of the molecule is CC(C)(C)OC(=O)N[C@H](C(=O)O)[C@@H](O)c1ccc([N+](=O)[O-])cc1. The fourth-order valence-electron chi connectivity index (χ4n) is 1.70. The van der Waals surface area contributed by atoms with Gasteiger partial charge in [0.25, 0.3) is 5.69 Å². The van der Waals surface area contributed by atoms with Crippen molar-refractivity contribution < 1.29 is 29.5 Å². The molecule has 0 bridgehead atoms. The van der Waals surface area contributed by atoms with Crippen molar-refractivity contribution in [3.05, 3.63) is 39.9 Å². The fourth-order valence-corrected chi connectivity index (χ4v) is 1.70. The van der Waals surface area contributed by atoms with Crippen LogP contribution in [0.3, 0.4) is 0 Å². The standard InChI is InChI=1S/C14H18N2O7/c1-14(2,3)23-13(20)15-10(12(18)19)11(17)8-4-6-9(7-5-8)16(21)22/h4-7,10-11,17H,1-3H3,(H,15,20)(H,18,19)/t10-,11-/m0/s1. The molecule has 0 unspecified atom stereocenters. The highest BCUT2D eigenvalue weighted by atomic mass is 16.6. The number of nitrogens with zero attached hydrogens (tertiary/aromatic N) is 1. The molecule has 0 heterocycles. The molecule has 1 aromatic carbocycles. The van der Waals surface area contributed by atoms with Gasteiger partial charge in [-0.1, -0.05) is 0 Å². The van der Waals surface area contributed by atoms with Gasteiger partial charge in [-0.15, -0.1) is 0 Å². The predicted octanol–water partition coefficient (Wildman–Crippen LogP) is 1.61. The van der Waals surface area contributed by atoms with E-state index in [9.17, 15) is 24.8 Å². The number of aliphatic carboxylic acids is 1. The monoisotopic (exact) mass is 326 g/mol. The molecule has 9 nitrogen and oxygen atoms in total. The second-order valence-corrected chi connectivity index (χ2v) is 5.76. The van der Waals surface area contributed by atoms with Crippen LogP contribution in [0, 0.1) is 10.1 Å². The zero-order valence-electron chi connectivity index (χ0n) is 12.8. The average Bonchev–Trinajstić information content (AvgIpc) is 2.42. The van der Waals surface area contributed by atoms with Crippen molar-refractivity contribution in [2.75, 3.05) is 0 Å². The molecule has 0 aliphatic rings. The van der Waals surface area contributed by atoms with Gasteiger partial charge in [-0.25, -0.2) is 9.59 Å². The van der Waals surface area contributed by atoms with Crippen molar-refractivity contribution in [2.24, 2.45) is 0 Å². The van der Waals surface area contributed by atoms with E-state index in [0.29, 0.717) is 0 Å². The molecule has 0 fully saturated rings. The second kappa shape index (κ2) is 7.05. The van der Waals surface area contributed by atoms with E-state index >= 15 is 0 Å². The van der Waals surface area contributed by atoms with Gasteiger partial charge in [0.05, 0.1) is 4.92 Å². The molecule has 0 spiro atoms. The molecule has 0 saturated carbocycles. The quantitative estimate of drug-likeness (QED) is 0.551. The van der Waals surface area contributed by atoms with E-state index in [0.717, 1.165) is 12.1 Å². The van der Waals surface area contributed by atoms with Gasteiger partial charge in [0.2, 0.25) is 0 Å². The molecule has 23 heavy (non-hydrogen) atoms. The van der Waals surface area contributed by atoms with Crippen LogP contribution in [-0.2, 0) is 9.53 Å². The van der Waals surface area contributed by atoms with Crippen molar-refractivity contribution in [1.82, 2.24) is 5.32 Å². The Labute approximate surface area is 132 Å². The zero-order chi connectivity index (χ0) is 17.8. The molecule has 0 aromatic heterocycles. The summed E-state index contributed by atoms with van der Waals surface area (Å²) < 4.78 is 4.94. The van der Waals surface area contributed by atoms with E-state index < -0.39 is 34.7 Å². The molecule has 0 radical (unpaired) electrons. The number of non-ortho nitro benzene ring substituents is 1. The highest BCUT2D eigenvalue weighted by Gasteiger charge is 2.31. The first kappa shape index (κ1) is 18.4. The highest BCUT2D eigenvalue weighted by Crippen LogP contribution is 2.21. The number of rotatable bonds is 5. The lowest BCUT2D eigenvalue weighted by Gasteiger charge is -2.24. The molecule has 1 amide bonds. The third kappa shape index (κ3) is 5.55. The molecule has 9 heteroatoms.